The molecule has 4 fully saturated rings. The standard InChI is InChI=1S/C15H29N5.HI/c1-13-3-5-20(6-4-13)15(16-2)17-11-14-12-18-7-9-19(14)10-8-18;/h13-14H,3-12H2,1-2H3,(H,16,17);1H. The maximum Gasteiger partial charge on any atom is 0.193 e. The van der Waals surface area contributed by atoms with Crippen LogP contribution in [-0.4, -0.2) is 86.1 Å². The molecule has 0 aromatic carbocycles. The number of fused-ring (bicyclic) bond motifs is 3. The van der Waals surface area contributed by atoms with Crippen molar-refractivity contribution in [3.05, 3.63) is 0 Å². The average Bonchev–Trinajstić information content (AvgIpc) is 2.51. The normalized spacial score (nSPS) is 33.7. The maximum absolute atomic E-state index is 4.48. The number of piperazine rings is 3. The van der Waals surface area contributed by atoms with Crippen LogP contribution in [0.3, 0.4) is 0 Å². The van der Waals surface area contributed by atoms with Crippen molar-refractivity contribution in [2.24, 2.45) is 10.9 Å². The molecular formula is C15H30IN5. The molecule has 0 aliphatic carbocycles. The fraction of sp³-hybridized carbons (Fsp3) is 0.933. The number of hydrogen-bond donors (Lipinski definition) is 1. The van der Waals surface area contributed by atoms with Gasteiger partial charge in [-0.3, -0.25) is 14.8 Å². The molecule has 1 atom stereocenters. The van der Waals surface area contributed by atoms with E-state index in [1.165, 1.54) is 45.6 Å². The van der Waals surface area contributed by atoms with Crippen LogP contribution in [0.5, 0.6) is 0 Å². The van der Waals surface area contributed by atoms with Crippen molar-refractivity contribution in [3.63, 3.8) is 0 Å². The summed E-state index contributed by atoms with van der Waals surface area (Å²) in [5.41, 5.74) is 0. The van der Waals surface area contributed by atoms with Gasteiger partial charge in [0, 0.05) is 65.4 Å². The Morgan fingerprint density at radius 2 is 1.76 bits per heavy atom. The molecule has 0 aromatic heterocycles. The highest BCUT2D eigenvalue weighted by atomic mass is 127. The maximum atomic E-state index is 4.48. The van der Waals surface area contributed by atoms with Gasteiger partial charge in [-0.1, -0.05) is 6.92 Å². The molecule has 21 heavy (non-hydrogen) atoms. The van der Waals surface area contributed by atoms with Gasteiger partial charge in [0.1, 0.15) is 0 Å². The summed E-state index contributed by atoms with van der Waals surface area (Å²) in [4.78, 5) is 12.1. The van der Waals surface area contributed by atoms with E-state index in [9.17, 15) is 0 Å². The van der Waals surface area contributed by atoms with Crippen LogP contribution in [0, 0.1) is 5.92 Å². The fourth-order valence-corrected chi connectivity index (χ4v) is 3.68. The number of rotatable bonds is 2. The van der Waals surface area contributed by atoms with Crippen molar-refractivity contribution in [1.82, 2.24) is 20.0 Å². The van der Waals surface area contributed by atoms with Crippen molar-refractivity contribution in [3.8, 4) is 0 Å². The Labute approximate surface area is 146 Å². The predicted molar refractivity (Wildman–Crippen MR) is 98.5 cm³/mol. The minimum atomic E-state index is 0. The second kappa shape index (κ2) is 7.97. The van der Waals surface area contributed by atoms with Crippen LogP contribution in [0.2, 0.25) is 0 Å². The molecule has 0 amide bonds. The number of nitrogens with one attached hydrogen (secondary N) is 1. The SMILES string of the molecule is CN=C(NCC1CN2CCN1CC2)N1CCC(C)CC1.I. The molecule has 4 aliphatic heterocycles. The van der Waals surface area contributed by atoms with Gasteiger partial charge in [0.05, 0.1) is 0 Å². The second-order valence-electron chi connectivity index (χ2n) is 6.59. The van der Waals surface area contributed by atoms with Gasteiger partial charge in [-0.25, -0.2) is 0 Å². The van der Waals surface area contributed by atoms with Gasteiger partial charge in [0.15, 0.2) is 5.96 Å². The van der Waals surface area contributed by atoms with E-state index >= 15 is 0 Å². The van der Waals surface area contributed by atoms with Crippen LogP contribution in [0.15, 0.2) is 4.99 Å². The summed E-state index contributed by atoms with van der Waals surface area (Å²) in [5.74, 6) is 1.98. The van der Waals surface area contributed by atoms with Gasteiger partial charge in [-0.2, -0.15) is 0 Å². The summed E-state index contributed by atoms with van der Waals surface area (Å²) in [6.07, 6.45) is 2.59. The van der Waals surface area contributed by atoms with Gasteiger partial charge in [0.25, 0.3) is 0 Å². The van der Waals surface area contributed by atoms with Crippen LogP contribution in [0.1, 0.15) is 19.8 Å². The van der Waals surface area contributed by atoms with Gasteiger partial charge < -0.3 is 10.2 Å². The molecule has 1 N–H and O–H groups in total. The van der Waals surface area contributed by atoms with Crippen LogP contribution in [0.4, 0.5) is 0 Å². The third-order valence-electron chi connectivity index (χ3n) is 5.18. The highest BCUT2D eigenvalue weighted by Gasteiger charge is 2.32. The second-order valence-corrected chi connectivity index (χ2v) is 6.59. The van der Waals surface area contributed by atoms with Crippen molar-refractivity contribution in [1.29, 1.82) is 0 Å². The van der Waals surface area contributed by atoms with E-state index in [1.54, 1.807) is 0 Å². The number of hydrogen-bond acceptors (Lipinski definition) is 3. The lowest BCUT2D eigenvalue weighted by Gasteiger charge is -2.47. The molecule has 2 bridgehead atoms. The van der Waals surface area contributed by atoms with E-state index in [-0.39, 0.29) is 24.0 Å². The van der Waals surface area contributed by atoms with Crippen molar-refractivity contribution < 1.29 is 0 Å². The van der Waals surface area contributed by atoms with Crippen LogP contribution in [0.25, 0.3) is 0 Å². The number of aliphatic imine (C=N–C) groups is 1. The van der Waals surface area contributed by atoms with E-state index in [0.29, 0.717) is 6.04 Å². The minimum absolute atomic E-state index is 0. The van der Waals surface area contributed by atoms with Crippen LogP contribution in [-0.2, 0) is 0 Å². The molecule has 4 heterocycles. The van der Waals surface area contributed by atoms with Gasteiger partial charge in [-0.05, 0) is 18.8 Å². The molecule has 0 spiro atoms. The van der Waals surface area contributed by atoms with E-state index in [4.69, 9.17) is 0 Å². The van der Waals surface area contributed by atoms with Crippen LogP contribution < -0.4 is 5.32 Å². The molecule has 0 saturated carbocycles. The number of nitrogens with zero attached hydrogens (tertiary/aromatic N) is 4. The van der Waals surface area contributed by atoms with Gasteiger partial charge in [-0.15, -0.1) is 24.0 Å². The molecule has 4 rings (SSSR count). The first-order valence-corrected chi connectivity index (χ1v) is 8.18. The quantitative estimate of drug-likeness (QED) is 0.419. The third kappa shape index (κ3) is 4.22. The molecule has 4 aliphatic rings. The van der Waals surface area contributed by atoms with E-state index in [0.717, 1.165) is 31.5 Å². The van der Waals surface area contributed by atoms with Crippen molar-refractivity contribution in [2.45, 2.75) is 25.8 Å². The molecule has 6 heteroatoms. The Bertz CT molecular complexity index is 346. The number of guanidine groups is 1. The topological polar surface area (TPSA) is 34.1 Å². The first-order valence-electron chi connectivity index (χ1n) is 8.18. The Morgan fingerprint density at radius 3 is 2.29 bits per heavy atom. The highest BCUT2D eigenvalue weighted by molar-refractivity contribution is 14.0. The third-order valence-corrected chi connectivity index (χ3v) is 5.18. The lowest BCUT2D eigenvalue weighted by molar-refractivity contribution is 0.0151. The zero-order valence-electron chi connectivity index (χ0n) is 13.4. The molecule has 0 aromatic rings. The Hall–Kier alpha value is -0.0800. The smallest absolute Gasteiger partial charge is 0.193 e. The lowest BCUT2D eigenvalue weighted by Crippen LogP contribution is -2.64. The van der Waals surface area contributed by atoms with Gasteiger partial charge >= 0.3 is 0 Å². The van der Waals surface area contributed by atoms with E-state index in [2.05, 4.69) is 31.9 Å². The zero-order chi connectivity index (χ0) is 13.9. The van der Waals surface area contributed by atoms with Crippen LogP contribution >= 0.6 is 24.0 Å². The van der Waals surface area contributed by atoms with Crippen molar-refractivity contribution >= 4 is 29.9 Å². The Morgan fingerprint density at radius 1 is 1.10 bits per heavy atom. The first kappa shape index (κ1) is 17.3. The molecular weight excluding hydrogens is 377 g/mol. The molecule has 0 radical (unpaired) electrons. The minimum Gasteiger partial charge on any atom is -0.355 e. The van der Waals surface area contributed by atoms with Gasteiger partial charge in [0.2, 0.25) is 0 Å². The number of halogens is 1. The first-order chi connectivity index (χ1) is 9.76. The highest BCUT2D eigenvalue weighted by Crippen LogP contribution is 2.17. The predicted octanol–water partition coefficient (Wildman–Crippen LogP) is 0.912. The molecule has 1 unspecified atom stereocenters. The number of piperidine rings is 1. The van der Waals surface area contributed by atoms with E-state index < -0.39 is 0 Å². The summed E-state index contributed by atoms with van der Waals surface area (Å²) in [7, 11) is 1.91. The molecule has 5 nitrogen and oxygen atoms in total. The van der Waals surface area contributed by atoms with E-state index in [1.807, 2.05) is 7.05 Å². The average molecular weight is 407 g/mol. The summed E-state index contributed by atoms with van der Waals surface area (Å²) >= 11 is 0. The Kier molecular flexibility index (Phi) is 6.55. The largest absolute Gasteiger partial charge is 0.355 e. The molecule has 122 valence electrons. The zero-order valence-corrected chi connectivity index (χ0v) is 15.8. The fourth-order valence-electron chi connectivity index (χ4n) is 3.68. The number of likely N-dealkylation sites (tertiary alicyclic amines) is 1. The summed E-state index contributed by atoms with van der Waals surface area (Å²) in [5, 5.41) is 3.62. The summed E-state index contributed by atoms with van der Waals surface area (Å²) < 4.78 is 0. The Balaban J connectivity index is 0.00000161. The summed E-state index contributed by atoms with van der Waals surface area (Å²) in [6, 6.07) is 0.665. The lowest BCUT2D eigenvalue weighted by atomic mass is 9.99. The monoisotopic (exact) mass is 407 g/mol. The summed E-state index contributed by atoms with van der Waals surface area (Å²) in [6.45, 7) is 11.9. The van der Waals surface area contributed by atoms with Crippen molar-refractivity contribution in [2.75, 3.05) is 59.4 Å². The molecule has 4 saturated heterocycles.